The van der Waals surface area contributed by atoms with E-state index in [1.165, 1.54) is 6.07 Å². The van der Waals surface area contributed by atoms with Gasteiger partial charge in [-0.05, 0) is 17.7 Å². The molecular formula is C12H16F3NS. The lowest BCUT2D eigenvalue weighted by Crippen LogP contribution is -2.16. The zero-order valence-electron chi connectivity index (χ0n) is 9.84. The van der Waals surface area contributed by atoms with Crippen LogP contribution in [0.3, 0.4) is 0 Å². The van der Waals surface area contributed by atoms with Crippen molar-refractivity contribution in [3.05, 3.63) is 35.1 Å². The normalized spacial score (nSPS) is 13.1. The Hall–Kier alpha value is -0.680. The highest BCUT2D eigenvalue weighted by Gasteiger charge is 2.18. The van der Waals surface area contributed by atoms with E-state index in [-0.39, 0.29) is 5.56 Å². The molecule has 96 valence electrons. The third-order valence-corrected chi connectivity index (χ3v) is 3.71. The van der Waals surface area contributed by atoms with Gasteiger partial charge in [0.2, 0.25) is 0 Å². The van der Waals surface area contributed by atoms with Crippen LogP contribution in [0.5, 0.6) is 0 Å². The Morgan fingerprint density at radius 3 is 2.35 bits per heavy atom. The predicted octanol–water partition coefficient (Wildman–Crippen LogP) is 3.49. The van der Waals surface area contributed by atoms with Crippen molar-refractivity contribution in [2.75, 3.05) is 11.5 Å². The average Bonchev–Trinajstić information content (AvgIpc) is 2.25. The topological polar surface area (TPSA) is 26.0 Å². The lowest BCUT2D eigenvalue weighted by Gasteiger charge is -2.14. The van der Waals surface area contributed by atoms with Gasteiger partial charge >= 0.3 is 0 Å². The number of rotatable bonds is 5. The highest BCUT2D eigenvalue weighted by Crippen LogP contribution is 2.23. The molecule has 0 aliphatic heterocycles. The van der Waals surface area contributed by atoms with E-state index < -0.39 is 23.5 Å². The molecule has 0 saturated carbocycles. The lowest BCUT2D eigenvalue weighted by molar-refractivity contribution is 0.437. The first-order chi connectivity index (χ1) is 7.93. The SMILES string of the molecule is CC(C)CSCC(N)c1ccc(F)c(F)c1F. The van der Waals surface area contributed by atoms with Crippen LogP contribution < -0.4 is 5.73 Å². The Balaban J connectivity index is 2.69. The highest BCUT2D eigenvalue weighted by atomic mass is 32.2. The van der Waals surface area contributed by atoms with Crippen LogP contribution in [0.1, 0.15) is 25.5 Å². The molecule has 0 heterocycles. The molecule has 1 atom stereocenters. The number of hydrogen-bond donors (Lipinski definition) is 1. The van der Waals surface area contributed by atoms with E-state index in [0.29, 0.717) is 11.7 Å². The maximum atomic E-state index is 13.4. The summed E-state index contributed by atoms with van der Waals surface area (Å²) < 4.78 is 39.1. The van der Waals surface area contributed by atoms with E-state index in [0.717, 1.165) is 11.8 Å². The Morgan fingerprint density at radius 1 is 1.12 bits per heavy atom. The fraction of sp³-hybridized carbons (Fsp3) is 0.500. The summed E-state index contributed by atoms with van der Waals surface area (Å²) in [4.78, 5) is 0. The smallest absolute Gasteiger partial charge is 0.194 e. The first-order valence-corrected chi connectivity index (χ1v) is 6.55. The van der Waals surface area contributed by atoms with Crippen molar-refractivity contribution < 1.29 is 13.2 Å². The fourth-order valence-electron chi connectivity index (χ4n) is 1.35. The molecule has 0 radical (unpaired) electrons. The van der Waals surface area contributed by atoms with Gasteiger partial charge in [0.05, 0.1) is 0 Å². The van der Waals surface area contributed by atoms with Crippen molar-refractivity contribution in [1.29, 1.82) is 0 Å². The molecule has 0 fully saturated rings. The summed E-state index contributed by atoms with van der Waals surface area (Å²) in [7, 11) is 0. The zero-order chi connectivity index (χ0) is 13.0. The van der Waals surface area contributed by atoms with Crippen molar-refractivity contribution in [2.24, 2.45) is 11.7 Å². The van der Waals surface area contributed by atoms with E-state index >= 15 is 0 Å². The van der Waals surface area contributed by atoms with Crippen molar-refractivity contribution in [3.63, 3.8) is 0 Å². The van der Waals surface area contributed by atoms with Gasteiger partial charge in [-0.3, -0.25) is 0 Å². The van der Waals surface area contributed by atoms with Gasteiger partial charge in [0.15, 0.2) is 17.5 Å². The quantitative estimate of drug-likeness (QED) is 0.823. The summed E-state index contributed by atoms with van der Waals surface area (Å²) in [6.07, 6.45) is 0. The zero-order valence-corrected chi connectivity index (χ0v) is 10.7. The Bertz CT molecular complexity index is 382. The predicted molar refractivity (Wildman–Crippen MR) is 65.4 cm³/mol. The lowest BCUT2D eigenvalue weighted by atomic mass is 10.1. The largest absolute Gasteiger partial charge is 0.323 e. The van der Waals surface area contributed by atoms with Gasteiger partial charge in [0.25, 0.3) is 0 Å². The van der Waals surface area contributed by atoms with E-state index in [1.807, 2.05) is 0 Å². The van der Waals surface area contributed by atoms with Crippen LogP contribution in [0.4, 0.5) is 13.2 Å². The fourth-order valence-corrected chi connectivity index (χ4v) is 2.39. The minimum absolute atomic E-state index is 0.0279. The monoisotopic (exact) mass is 263 g/mol. The molecule has 1 nitrogen and oxygen atoms in total. The molecule has 1 rings (SSSR count). The minimum atomic E-state index is -1.45. The van der Waals surface area contributed by atoms with Gasteiger partial charge in [-0.2, -0.15) is 11.8 Å². The first-order valence-electron chi connectivity index (χ1n) is 5.40. The Morgan fingerprint density at radius 2 is 1.76 bits per heavy atom. The van der Waals surface area contributed by atoms with Crippen molar-refractivity contribution in [3.8, 4) is 0 Å². The molecule has 2 N–H and O–H groups in total. The Labute approximate surface area is 104 Å². The summed E-state index contributed by atoms with van der Waals surface area (Å²) in [6.45, 7) is 4.13. The maximum Gasteiger partial charge on any atom is 0.194 e. The molecule has 0 spiro atoms. The molecule has 0 amide bonds. The molecule has 1 unspecified atom stereocenters. The number of benzene rings is 1. The second kappa shape index (κ2) is 6.31. The van der Waals surface area contributed by atoms with Crippen molar-refractivity contribution in [2.45, 2.75) is 19.9 Å². The van der Waals surface area contributed by atoms with Crippen LogP contribution in [0, 0.1) is 23.4 Å². The molecule has 0 aliphatic carbocycles. The third-order valence-electron chi connectivity index (χ3n) is 2.21. The molecule has 17 heavy (non-hydrogen) atoms. The third kappa shape index (κ3) is 3.92. The molecule has 0 aromatic heterocycles. The molecule has 1 aromatic rings. The number of thioether (sulfide) groups is 1. The highest BCUT2D eigenvalue weighted by molar-refractivity contribution is 7.99. The second-order valence-electron chi connectivity index (χ2n) is 4.30. The standard InChI is InChI=1S/C12H16F3NS/c1-7(2)5-17-6-10(16)8-3-4-9(13)12(15)11(8)14/h3-4,7,10H,5-6,16H2,1-2H3. The van der Waals surface area contributed by atoms with Crippen LogP contribution in [0.2, 0.25) is 0 Å². The van der Waals surface area contributed by atoms with Crippen LogP contribution in [-0.4, -0.2) is 11.5 Å². The van der Waals surface area contributed by atoms with Crippen molar-refractivity contribution >= 4 is 11.8 Å². The number of nitrogens with two attached hydrogens (primary N) is 1. The van der Waals surface area contributed by atoms with Crippen LogP contribution in [0.15, 0.2) is 12.1 Å². The molecule has 0 saturated heterocycles. The first kappa shape index (κ1) is 14.4. The molecule has 1 aromatic carbocycles. The summed E-state index contributed by atoms with van der Waals surface area (Å²) in [5, 5.41) is 0. The maximum absolute atomic E-state index is 13.4. The molecule has 0 bridgehead atoms. The van der Waals surface area contributed by atoms with Gasteiger partial charge in [0, 0.05) is 17.4 Å². The summed E-state index contributed by atoms with van der Waals surface area (Å²) in [5.41, 5.74) is 5.78. The van der Waals surface area contributed by atoms with Gasteiger partial charge in [-0.1, -0.05) is 19.9 Å². The number of hydrogen-bond acceptors (Lipinski definition) is 2. The molecule has 5 heteroatoms. The summed E-state index contributed by atoms with van der Waals surface area (Å²) in [6, 6.07) is 1.49. The second-order valence-corrected chi connectivity index (χ2v) is 5.38. The summed E-state index contributed by atoms with van der Waals surface area (Å²) in [5.74, 6) is -1.91. The van der Waals surface area contributed by atoms with Crippen molar-refractivity contribution in [1.82, 2.24) is 0 Å². The van der Waals surface area contributed by atoms with Gasteiger partial charge in [-0.15, -0.1) is 0 Å². The van der Waals surface area contributed by atoms with Crippen LogP contribution >= 0.6 is 11.8 Å². The summed E-state index contributed by atoms with van der Waals surface area (Å²) >= 11 is 1.58. The molecular weight excluding hydrogens is 247 g/mol. The molecule has 0 aliphatic rings. The van der Waals surface area contributed by atoms with E-state index in [4.69, 9.17) is 5.73 Å². The van der Waals surface area contributed by atoms with Gasteiger partial charge < -0.3 is 5.73 Å². The Kier molecular flexibility index (Phi) is 5.33. The van der Waals surface area contributed by atoms with Crippen LogP contribution in [0.25, 0.3) is 0 Å². The average molecular weight is 263 g/mol. The van der Waals surface area contributed by atoms with E-state index in [1.54, 1.807) is 11.8 Å². The minimum Gasteiger partial charge on any atom is -0.323 e. The van der Waals surface area contributed by atoms with E-state index in [2.05, 4.69) is 13.8 Å². The van der Waals surface area contributed by atoms with Gasteiger partial charge in [-0.25, -0.2) is 13.2 Å². The van der Waals surface area contributed by atoms with Crippen LogP contribution in [-0.2, 0) is 0 Å². The number of halogens is 3. The van der Waals surface area contributed by atoms with Gasteiger partial charge in [0.1, 0.15) is 0 Å². The van der Waals surface area contributed by atoms with E-state index in [9.17, 15) is 13.2 Å².